The first-order valence-electron chi connectivity index (χ1n) is 7.55. The Morgan fingerprint density at radius 1 is 1.19 bits per heavy atom. The number of ketones is 2. The number of fused-ring (bicyclic) bond motifs is 5. The van der Waals surface area contributed by atoms with Crippen LogP contribution in [0.1, 0.15) is 41.7 Å². The summed E-state index contributed by atoms with van der Waals surface area (Å²) in [7, 11) is 0. The van der Waals surface area contributed by atoms with E-state index in [1.54, 1.807) is 11.3 Å². The maximum atomic E-state index is 12.9. The number of hydrogen-bond acceptors (Lipinski definition) is 4. The highest BCUT2D eigenvalue weighted by Gasteiger charge is 2.63. The fraction of sp³-hybridized carbons (Fsp3) is 0.625. The van der Waals surface area contributed by atoms with Crippen LogP contribution >= 0.6 is 27.3 Å². The van der Waals surface area contributed by atoms with Crippen molar-refractivity contribution in [2.45, 2.75) is 51.2 Å². The van der Waals surface area contributed by atoms with Crippen LogP contribution in [0.15, 0.2) is 3.79 Å². The van der Waals surface area contributed by atoms with Gasteiger partial charge in [-0.3, -0.25) is 9.59 Å². The van der Waals surface area contributed by atoms with Gasteiger partial charge in [0, 0.05) is 4.88 Å². The standard InChI is InChI=1S/C16H17BrO3S/c1-3-7-10(6(2)21-16(7)17)13-14(18)11-8-4-5-9(20-8)12(11)15(13)19/h8-9,11-13H,3-5H2,1-2H3/t8-,9+,11-,12+,13?. The zero-order valence-corrected chi connectivity index (χ0v) is 14.4. The average molecular weight is 369 g/mol. The van der Waals surface area contributed by atoms with Crippen molar-refractivity contribution in [3.63, 3.8) is 0 Å². The lowest BCUT2D eigenvalue weighted by molar-refractivity contribution is -0.127. The molecule has 1 aliphatic carbocycles. The van der Waals surface area contributed by atoms with Crippen LogP contribution < -0.4 is 0 Å². The summed E-state index contributed by atoms with van der Waals surface area (Å²) in [5, 5.41) is 0. The van der Waals surface area contributed by atoms with Crippen molar-refractivity contribution < 1.29 is 14.3 Å². The van der Waals surface area contributed by atoms with Crippen molar-refractivity contribution in [1.82, 2.24) is 0 Å². The van der Waals surface area contributed by atoms with Gasteiger partial charge in [0.15, 0.2) is 11.6 Å². The predicted molar refractivity (Wildman–Crippen MR) is 83.8 cm³/mol. The third kappa shape index (κ3) is 1.74. The molecule has 1 aromatic rings. The molecule has 0 N–H and O–H groups in total. The number of hydrogen-bond donors (Lipinski definition) is 0. The first kappa shape index (κ1) is 14.1. The van der Waals surface area contributed by atoms with E-state index in [9.17, 15) is 9.59 Å². The smallest absolute Gasteiger partial charge is 0.154 e. The maximum absolute atomic E-state index is 12.9. The molecule has 3 nitrogen and oxygen atoms in total. The fourth-order valence-corrected chi connectivity index (χ4v) is 6.71. The van der Waals surface area contributed by atoms with E-state index < -0.39 is 5.92 Å². The highest BCUT2D eigenvalue weighted by molar-refractivity contribution is 9.11. The quantitative estimate of drug-likeness (QED) is 0.751. The van der Waals surface area contributed by atoms with Gasteiger partial charge in [-0.25, -0.2) is 0 Å². The molecule has 21 heavy (non-hydrogen) atoms. The molecule has 1 unspecified atom stereocenters. The molecule has 2 saturated heterocycles. The Bertz CT molecular complexity index is 622. The van der Waals surface area contributed by atoms with Gasteiger partial charge in [-0.05, 0) is 53.2 Å². The molecule has 2 aliphatic heterocycles. The second kappa shape index (κ2) is 4.74. The Labute approximate surface area is 136 Å². The lowest BCUT2D eigenvalue weighted by Gasteiger charge is -2.16. The van der Waals surface area contributed by atoms with E-state index in [-0.39, 0.29) is 35.6 Å². The van der Waals surface area contributed by atoms with Gasteiger partial charge in [0.1, 0.15) is 5.92 Å². The van der Waals surface area contributed by atoms with E-state index in [4.69, 9.17) is 4.74 Å². The van der Waals surface area contributed by atoms with Crippen molar-refractivity contribution in [3.8, 4) is 0 Å². The molecule has 3 heterocycles. The van der Waals surface area contributed by atoms with Gasteiger partial charge in [-0.15, -0.1) is 11.3 Å². The number of rotatable bonds is 2. The lowest BCUT2D eigenvalue weighted by atomic mass is 9.81. The SMILES string of the molecule is CCc1c(Br)sc(C)c1C1C(=O)[C@@H]2[C@H](C1=O)[C@H]1CC[C@@H]2O1. The average Bonchev–Trinajstić information content (AvgIpc) is 3.15. The molecule has 1 aromatic heterocycles. The number of Topliss-reactive ketones (excluding diaryl/α,β-unsaturated/α-hetero) is 2. The third-order valence-corrected chi connectivity index (χ3v) is 7.24. The van der Waals surface area contributed by atoms with E-state index in [1.807, 2.05) is 6.92 Å². The largest absolute Gasteiger partial charge is 0.373 e. The zero-order valence-electron chi connectivity index (χ0n) is 12.0. The number of aryl methyl sites for hydroxylation is 1. The molecule has 112 valence electrons. The normalized spacial score (nSPS) is 37.6. The summed E-state index contributed by atoms with van der Waals surface area (Å²) in [6.45, 7) is 4.09. The van der Waals surface area contributed by atoms with Crippen LogP contribution in [0.3, 0.4) is 0 Å². The topological polar surface area (TPSA) is 43.4 Å². The number of ether oxygens (including phenoxy) is 1. The van der Waals surface area contributed by atoms with E-state index in [0.29, 0.717) is 0 Å². The lowest BCUT2D eigenvalue weighted by Crippen LogP contribution is -2.29. The Hall–Kier alpha value is -0.520. The Morgan fingerprint density at radius 2 is 1.76 bits per heavy atom. The van der Waals surface area contributed by atoms with Crippen LogP contribution in [-0.2, 0) is 20.7 Å². The van der Waals surface area contributed by atoms with E-state index >= 15 is 0 Å². The maximum Gasteiger partial charge on any atom is 0.154 e. The van der Waals surface area contributed by atoms with Gasteiger partial charge in [0.2, 0.25) is 0 Å². The van der Waals surface area contributed by atoms with Crippen molar-refractivity contribution >= 4 is 38.8 Å². The van der Waals surface area contributed by atoms with Crippen molar-refractivity contribution in [2.24, 2.45) is 11.8 Å². The molecule has 5 heteroatoms. The molecule has 3 aliphatic rings. The Balaban J connectivity index is 1.81. The second-order valence-corrected chi connectivity index (χ2v) is 8.80. The van der Waals surface area contributed by atoms with Crippen LogP contribution in [0.2, 0.25) is 0 Å². The first-order chi connectivity index (χ1) is 10.0. The first-order valence-corrected chi connectivity index (χ1v) is 9.16. The molecule has 4 rings (SSSR count). The summed E-state index contributed by atoms with van der Waals surface area (Å²) in [5.74, 6) is -0.668. The van der Waals surface area contributed by atoms with Crippen LogP contribution in [0, 0.1) is 18.8 Å². The molecule has 1 saturated carbocycles. The van der Waals surface area contributed by atoms with E-state index in [2.05, 4.69) is 22.9 Å². The van der Waals surface area contributed by atoms with Crippen LogP contribution in [0.4, 0.5) is 0 Å². The number of carbonyl (C=O) groups excluding carboxylic acids is 2. The molecule has 2 bridgehead atoms. The number of halogens is 1. The van der Waals surface area contributed by atoms with Gasteiger partial charge in [0.05, 0.1) is 27.8 Å². The summed E-state index contributed by atoms with van der Waals surface area (Å²) in [4.78, 5) is 26.9. The highest BCUT2D eigenvalue weighted by atomic mass is 79.9. The number of carbonyl (C=O) groups is 2. The van der Waals surface area contributed by atoms with Crippen molar-refractivity contribution in [2.75, 3.05) is 0 Å². The van der Waals surface area contributed by atoms with Gasteiger partial charge < -0.3 is 4.74 Å². The third-order valence-electron chi connectivity index (χ3n) is 5.33. The molecular weight excluding hydrogens is 352 g/mol. The molecule has 5 atom stereocenters. The van der Waals surface area contributed by atoms with E-state index in [1.165, 1.54) is 0 Å². The molecule has 0 spiro atoms. The minimum Gasteiger partial charge on any atom is -0.373 e. The highest BCUT2D eigenvalue weighted by Crippen LogP contribution is 2.54. The zero-order chi connectivity index (χ0) is 14.9. The van der Waals surface area contributed by atoms with Gasteiger partial charge in [-0.1, -0.05) is 6.92 Å². The minimum absolute atomic E-state index is 0.00564. The Kier molecular flexibility index (Phi) is 3.18. The second-order valence-electron chi connectivity index (χ2n) is 6.26. The summed E-state index contributed by atoms with van der Waals surface area (Å²) in [6.07, 6.45) is 2.70. The summed E-state index contributed by atoms with van der Waals surface area (Å²) in [5.41, 5.74) is 2.12. The summed E-state index contributed by atoms with van der Waals surface area (Å²) < 4.78 is 6.87. The van der Waals surface area contributed by atoms with Gasteiger partial charge in [-0.2, -0.15) is 0 Å². The van der Waals surface area contributed by atoms with Gasteiger partial charge >= 0.3 is 0 Å². The molecular formula is C16H17BrO3S. The van der Waals surface area contributed by atoms with Gasteiger partial charge in [0.25, 0.3) is 0 Å². The fourth-order valence-electron chi connectivity index (χ4n) is 4.49. The molecule has 0 radical (unpaired) electrons. The Morgan fingerprint density at radius 3 is 2.29 bits per heavy atom. The molecule has 0 amide bonds. The minimum atomic E-state index is -0.538. The van der Waals surface area contributed by atoms with Crippen molar-refractivity contribution in [3.05, 3.63) is 19.8 Å². The van der Waals surface area contributed by atoms with Crippen molar-refractivity contribution in [1.29, 1.82) is 0 Å². The summed E-state index contributed by atoms with van der Waals surface area (Å²) in [6, 6.07) is 0. The van der Waals surface area contributed by atoms with E-state index in [0.717, 1.165) is 39.1 Å². The van der Waals surface area contributed by atoms with Crippen LogP contribution in [0.5, 0.6) is 0 Å². The monoisotopic (exact) mass is 368 g/mol. The number of thiophene rings is 1. The predicted octanol–water partition coefficient (Wildman–Crippen LogP) is 3.41. The van der Waals surface area contributed by atoms with Crippen LogP contribution in [-0.4, -0.2) is 23.8 Å². The molecule has 3 fully saturated rings. The molecule has 0 aromatic carbocycles. The van der Waals surface area contributed by atoms with Crippen LogP contribution in [0.25, 0.3) is 0 Å². The summed E-state index contributed by atoms with van der Waals surface area (Å²) >= 11 is 5.22.